The van der Waals surface area contributed by atoms with Crippen molar-refractivity contribution >= 4 is 38.6 Å². The minimum Gasteiger partial charge on any atom is -0.383 e. The molecule has 2 N–H and O–H groups in total. The maximum Gasteiger partial charge on any atom is 0.250 e. The van der Waals surface area contributed by atoms with Crippen molar-refractivity contribution in [3.63, 3.8) is 0 Å². The number of anilines is 1. The Bertz CT molecular complexity index is 1070. The third-order valence-corrected chi connectivity index (χ3v) is 8.12. The van der Waals surface area contributed by atoms with Crippen LogP contribution in [-0.4, -0.2) is 15.0 Å². The predicted molar refractivity (Wildman–Crippen MR) is 116 cm³/mol. The summed E-state index contributed by atoms with van der Waals surface area (Å²) in [6.45, 7) is 0.446. The number of benzene rings is 2. The van der Waals surface area contributed by atoms with Crippen LogP contribution in [0.5, 0.6) is 0 Å². The molecule has 1 aliphatic carbocycles. The second kappa shape index (κ2) is 8.25. The Kier molecular flexibility index (Phi) is 5.73. The van der Waals surface area contributed by atoms with Crippen LogP contribution < -0.4 is 10.0 Å². The molecule has 28 heavy (non-hydrogen) atoms. The van der Waals surface area contributed by atoms with E-state index in [-0.39, 0.29) is 4.21 Å². The first-order valence-electron chi connectivity index (χ1n) is 9.19. The Morgan fingerprint density at radius 3 is 2.54 bits per heavy atom. The van der Waals surface area contributed by atoms with Gasteiger partial charge in [0, 0.05) is 12.2 Å². The van der Waals surface area contributed by atoms with Gasteiger partial charge in [-0.2, -0.15) is 0 Å². The van der Waals surface area contributed by atoms with Gasteiger partial charge in [0.05, 0.1) is 10.4 Å². The SMILES string of the molecule is O=S(=O)(N[C@@H](CNc1ccc2c(c1)CCC2)c1ccccc1)c1ccc(Cl)s1. The molecule has 1 heterocycles. The number of rotatable bonds is 7. The number of hydrogen-bond donors (Lipinski definition) is 2. The summed E-state index contributed by atoms with van der Waals surface area (Å²) in [5.41, 5.74) is 4.72. The summed E-state index contributed by atoms with van der Waals surface area (Å²) < 4.78 is 29.1. The van der Waals surface area contributed by atoms with Gasteiger partial charge in [0.1, 0.15) is 4.21 Å². The highest BCUT2D eigenvalue weighted by Gasteiger charge is 2.23. The van der Waals surface area contributed by atoms with E-state index in [0.29, 0.717) is 10.9 Å². The molecule has 0 radical (unpaired) electrons. The van der Waals surface area contributed by atoms with Crippen LogP contribution in [0.3, 0.4) is 0 Å². The van der Waals surface area contributed by atoms with Gasteiger partial charge in [0.25, 0.3) is 10.0 Å². The molecule has 0 aliphatic heterocycles. The lowest BCUT2D eigenvalue weighted by Crippen LogP contribution is -2.32. The van der Waals surface area contributed by atoms with Gasteiger partial charge in [-0.05, 0) is 60.2 Å². The van der Waals surface area contributed by atoms with Crippen LogP contribution in [0, 0.1) is 0 Å². The number of fused-ring (bicyclic) bond motifs is 1. The van der Waals surface area contributed by atoms with Crippen LogP contribution in [0.1, 0.15) is 29.2 Å². The molecule has 4 rings (SSSR count). The summed E-state index contributed by atoms with van der Waals surface area (Å²) in [4.78, 5) is 0. The van der Waals surface area contributed by atoms with E-state index in [1.54, 1.807) is 6.07 Å². The molecule has 4 nitrogen and oxygen atoms in total. The molecule has 0 amide bonds. The minimum atomic E-state index is -3.66. The van der Waals surface area contributed by atoms with Gasteiger partial charge >= 0.3 is 0 Å². The van der Waals surface area contributed by atoms with E-state index in [9.17, 15) is 8.42 Å². The summed E-state index contributed by atoms with van der Waals surface area (Å²) in [7, 11) is -3.66. The lowest BCUT2D eigenvalue weighted by Gasteiger charge is -2.20. The van der Waals surface area contributed by atoms with Crippen molar-refractivity contribution in [2.45, 2.75) is 29.5 Å². The lowest BCUT2D eigenvalue weighted by atomic mass is 10.1. The Balaban J connectivity index is 1.54. The van der Waals surface area contributed by atoms with E-state index in [1.807, 2.05) is 30.3 Å². The Hall–Kier alpha value is -1.86. The largest absolute Gasteiger partial charge is 0.383 e. The van der Waals surface area contributed by atoms with Gasteiger partial charge in [0.15, 0.2) is 0 Å². The number of halogens is 1. The van der Waals surface area contributed by atoms with E-state index in [0.717, 1.165) is 35.4 Å². The van der Waals surface area contributed by atoms with Crippen LogP contribution in [0.15, 0.2) is 64.9 Å². The van der Waals surface area contributed by atoms with Crippen molar-refractivity contribution in [1.29, 1.82) is 0 Å². The van der Waals surface area contributed by atoms with Crippen molar-refractivity contribution < 1.29 is 8.42 Å². The van der Waals surface area contributed by atoms with Crippen LogP contribution in [-0.2, 0) is 22.9 Å². The fourth-order valence-electron chi connectivity index (χ4n) is 3.50. The number of thiophene rings is 1. The Morgan fingerprint density at radius 2 is 1.79 bits per heavy atom. The van der Waals surface area contributed by atoms with Crippen molar-refractivity contribution in [3.8, 4) is 0 Å². The molecule has 2 aromatic carbocycles. The molecule has 146 valence electrons. The van der Waals surface area contributed by atoms with Crippen LogP contribution in [0.4, 0.5) is 5.69 Å². The summed E-state index contributed by atoms with van der Waals surface area (Å²) in [5, 5.41) is 3.40. The van der Waals surface area contributed by atoms with Crippen LogP contribution >= 0.6 is 22.9 Å². The molecule has 3 aromatic rings. The molecule has 0 fully saturated rings. The van der Waals surface area contributed by atoms with E-state index < -0.39 is 16.1 Å². The van der Waals surface area contributed by atoms with Crippen LogP contribution in [0.2, 0.25) is 4.34 Å². The maximum absolute atomic E-state index is 12.8. The summed E-state index contributed by atoms with van der Waals surface area (Å²) in [6, 6.07) is 18.7. The van der Waals surface area contributed by atoms with E-state index in [4.69, 9.17) is 11.6 Å². The number of nitrogens with one attached hydrogen (secondary N) is 2. The number of hydrogen-bond acceptors (Lipinski definition) is 4. The fraction of sp³-hybridized carbons (Fsp3) is 0.238. The van der Waals surface area contributed by atoms with Gasteiger partial charge in [-0.15, -0.1) is 11.3 Å². The molecule has 0 unspecified atom stereocenters. The zero-order valence-electron chi connectivity index (χ0n) is 15.2. The van der Waals surface area contributed by atoms with E-state index in [2.05, 4.69) is 28.2 Å². The Morgan fingerprint density at radius 1 is 1.00 bits per heavy atom. The first kappa shape index (κ1) is 19.5. The standard InChI is InChI=1S/C21H21ClN2O2S2/c22-20-11-12-21(27-20)28(25,26)24-19(16-5-2-1-3-6-16)14-23-18-10-9-15-7-4-8-17(15)13-18/h1-3,5-6,9-13,19,23-24H,4,7-8,14H2/t19-/m0/s1. The zero-order valence-corrected chi connectivity index (χ0v) is 17.6. The first-order chi connectivity index (χ1) is 13.5. The van der Waals surface area contributed by atoms with Gasteiger partial charge in [-0.3, -0.25) is 0 Å². The predicted octanol–water partition coefficient (Wildman–Crippen LogP) is 5.02. The number of sulfonamides is 1. The highest BCUT2D eigenvalue weighted by Crippen LogP contribution is 2.28. The topological polar surface area (TPSA) is 58.2 Å². The molecule has 0 spiro atoms. The monoisotopic (exact) mass is 432 g/mol. The summed E-state index contributed by atoms with van der Waals surface area (Å²) in [6.07, 6.45) is 3.46. The molecule has 0 saturated carbocycles. The molecule has 0 saturated heterocycles. The summed E-state index contributed by atoms with van der Waals surface area (Å²) in [5.74, 6) is 0. The Labute approximate surface area is 174 Å². The van der Waals surface area contributed by atoms with Gasteiger partial charge in [0.2, 0.25) is 0 Å². The fourth-order valence-corrected chi connectivity index (χ4v) is 6.23. The molecule has 0 bridgehead atoms. The van der Waals surface area contributed by atoms with E-state index >= 15 is 0 Å². The molecule has 7 heteroatoms. The lowest BCUT2D eigenvalue weighted by molar-refractivity contribution is 0.564. The molecular weight excluding hydrogens is 412 g/mol. The van der Waals surface area contributed by atoms with Crippen molar-refractivity contribution in [3.05, 3.63) is 81.7 Å². The molecular formula is C21H21ClN2O2S2. The summed E-state index contributed by atoms with van der Waals surface area (Å²) >= 11 is 6.98. The number of aryl methyl sites for hydroxylation is 2. The molecule has 1 aliphatic rings. The van der Waals surface area contributed by atoms with Gasteiger partial charge < -0.3 is 5.32 Å². The smallest absolute Gasteiger partial charge is 0.250 e. The maximum atomic E-state index is 12.8. The van der Waals surface area contributed by atoms with Crippen molar-refractivity contribution in [1.82, 2.24) is 4.72 Å². The van der Waals surface area contributed by atoms with E-state index in [1.165, 1.54) is 23.6 Å². The highest BCUT2D eigenvalue weighted by molar-refractivity contribution is 7.91. The van der Waals surface area contributed by atoms with Crippen LogP contribution in [0.25, 0.3) is 0 Å². The third kappa shape index (κ3) is 4.41. The first-order valence-corrected chi connectivity index (χ1v) is 11.9. The normalized spacial score (nSPS) is 14.6. The van der Waals surface area contributed by atoms with Crippen molar-refractivity contribution in [2.24, 2.45) is 0 Å². The third-order valence-electron chi connectivity index (χ3n) is 4.92. The van der Waals surface area contributed by atoms with Gasteiger partial charge in [-0.25, -0.2) is 13.1 Å². The molecule has 1 aromatic heterocycles. The second-order valence-electron chi connectivity index (χ2n) is 6.86. The highest BCUT2D eigenvalue weighted by atomic mass is 35.5. The average Bonchev–Trinajstić information content (AvgIpc) is 3.34. The van der Waals surface area contributed by atoms with Crippen molar-refractivity contribution in [2.75, 3.05) is 11.9 Å². The quantitative estimate of drug-likeness (QED) is 0.551. The minimum absolute atomic E-state index is 0.218. The average molecular weight is 433 g/mol. The zero-order chi connectivity index (χ0) is 19.6. The second-order valence-corrected chi connectivity index (χ2v) is 10.5. The molecule has 1 atom stereocenters. The van der Waals surface area contributed by atoms with Gasteiger partial charge in [-0.1, -0.05) is 48.0 Å².